The Labute approximate surface area is 105 Å². The van der Waals surface area contributed by atoms with Crippen LogP contribution < -0.4 is 0 Å². The maximum absolute atomic E-state index is 12.3. The molecule has 0 unspecified atom stereocenters. The molecule has 3 nitrogen and oxygen atoms in total. The first-order valence-electron chi connectivity index (χ1n) is 4.74. The third-order valence-corrected chi connectivity index (χ3v) is 2.78. The van der Waals surface area contributed by atoms with Gasteiger partial charge in [0.05, 0.1) is 12.0 Å². The Balaban J connectivity index is 3.30. The van der Waals surface area contributed by atoms with Gasteiger partial charge in [0.1, 0.15) is 6.07 Å². The summed E-state index contributed by atoms with van der Waals surface area (Å²) in [5.41, 5.74) is -4.17. The van der Waals surface area contributed by atoms with Crippen molar-refractivity contribution in [3.8, 4) is 6.07 Å². The summed E-state index contributed by atoms with van der Waals surface area (Å²) < 4.78 is 37.0. The van der Waals surface area contributed by atoms with Crippen LogP contribution in [0.1, 0.15) is 16.7 Å². The molecule has 0 aliphatic carbocycles. The molecule has 0 saturated carbocycles. The number of carboxylic acid groups (broad SMARTS) is 1. The lowest BCUT2D eigenvalue weighted by Crippen LogP contribution is -2.06. The summed E-state index contributed by atoms with van der Waals surface area (Å²) in [6, 6.07) is 4.27. The van der Waals surface area contributed by atoms with Gasteiger partial charge in [0.25, 0.3) is 0 Å². The van der Waals surface area contributed by atoms with E-state index in [0.717, 1.165) is 0 Å². The Morgan fingerprint density at radius 1 is 1.50 bits per heavy atom. The summed E-state index contributed by atoms with van der Waals surface area (Å²) in [4.78, 5) is 10.3. The summed E-state index contributed by atoms with van der Waals surface area (Å²) in [5.74, 6) is -1.19. The molecule has 0 aromatic heterocycles. The molecular formula is C11H8F3NO2S. The van der Waals surface area contributed by atoms with Crippen molar-refractivity contribution in [2.45, 2.75) is 23.7 Å². The Morgan fingerprint density at radius 2 is 2.11 bits per heavy atom. The van der Waals surface area contributed by atoms with Crippen molar-refractivity contribution >= 4 is 17.7 Å². The van der Waals surface area contributed by atoms with Crippen LogP contribution >= 0.6 is 11.8 Å². The standard InChI is InChI=1S/C11H8F3NO2S/c1-6-2-7(4-10(16)17)8(5-15)9(3-6)18-11(12,13)14/h2-3H,4H2,1H3,(H,16,17). The monoisotopic (exact) mass is 275 g/mol. The van der Waals surface area contributed by atoms with Crippen LogP contribution in [0.2, 0.25) is 0 Å². The van der Waals surface area contributed by atoms with Crippen molar-refractivity contribution in [1.82, 2.24) is 0 Å². The molecule has 0 saturated heterocycles. The fourth-order valence-electron chi connectivity index (χ4n) is 1.46. The van der Waals surface area contributed by atoms with E-state index in [-0.39, 0.29) is 16.0 Å². The molecule has 1 aromatic rings. The Morgan fingerprint density at radius 3 is 2.56 bits per heavy atom. The fraction of sp³-hybridized carbons (Fsp3) is 0.273. The average molecular weight is 275 g/mol. The van der Waals surface area contributed by atoms with Gasteiger partial charge in [-0.05, 0) is 35.9 Å². The molecule has 96 valence electrons. The Hall–Kier alpha value is -1.68. The Kier molecular flexibility index (Phi) is 4.24. The predicted octanol–water partition coefficient (Wildman–Crippen LogP) is 3.11. The predicted molar refractivity (Wildman–Crippen MR) is 59.1 cm³/mol. The summed E-state index contributed by atoms with van der Waals surface area (Å²) in [6.45, 7) is 1.55. The van der Waals surface area contributed by atoms with Crippen LogP contribution in [0, 0.1) is 18.3 Å². The van der Waals surface area contributed by atoms with Gasteiger partial charge in [-0.2, -0.15) is 18.4 Å². The molecule has 0 radical (unpaired) electrons. The molecule has 0 aliphatic heterocycles. The summed E-state index contributed by atoms with van der Waals surface area (Å²) >= 11 is -0.408. The van der Waals surface area contributed by atoms with Gasteiger partial charge in [0.2, 0.25) is 0 Å². The molecule has 0 atom stereocenters. The van der Waals surface area contributed by atoms with Gasteiger partial charge in [0, 0.05) is 4.90 Å². The molecule has 7 heteroatoms. The van der Waals surface area contributed by atoms with Crippen LogP contribution in [-0.4, -0.2) is 16.6 Å². The molecule has 0 aliphatic rings. The number of aryl methyl sites for hydroxylation is 1. The number of hydrogen-bond donors (Lipinski definition) is 1. The number of halogens is 3. The molecule has 0 heterocycles. The van der Waals surface area contributed by atoms with Crippen molar-refractivity contribution < 1.29 is 23.1 Å². The van der Waals surface area contributed by atoms with E-state index in [1.165, 1.54) is 12.1 Å². The highest BCUT2D eigenvalue weighted by Crippen LogP contribution is 2.39. The second-order valence-corrected chi connectivity index (χ2v) is 4.63. The number of nitrogens with zero attached hydrogens (tertiary/aromatic N) is 1. The van der Waals surface area contributed by atoms with Gasteiger partial charge < -0.3 is 5.11 Å². The van der Waals surface area contributed by atoms with E-state index >= 15 is 0 Å². The van der Waals surface area contributed by atoms with E-state index in [1.54, 1.807) is 13.0 Å². The summed E-state index contributed by atoms with van der Waals surface area (Å²) in [7, 11) is 0. The fourth-order valence-corrected chi connectivity index (χ4v) is 2.23. The number of nitriles is 1. The normalized spacial score (nSPS) is 11.1. The van der Waals surface area contributed by atoms with Crippen molar-refractivity contribution in [2.75, 3.05) is 0 Å². The molecule has 0 bridgehead atoms. The lowest BCUT2D eigenvalue weighted by atomic mass is 10.0. The topological polar surface area (TPSA) is 61.1 Å². The van der Waals surface area contributed by atoms with Gasteiger partial charge >= 0.3 is 11.5 Å². The minimum absolute atomic E-state index is 0.0942. The van der Waals surface area contributed by atoms with Gasteiger partial charge in [-0.15, -0.1) is 0 Å². The van der Waals surface area contributed by atoms with Crippen LogP contribution in [-0.2, 0) is 11.2 Å². The molecule has 1 rings (SSSR count). The maximum atomic E-state index is 12.3. The van der Waals surface area contributed by atoms with Crippen LogP contribution in [0.4, 0.5) is 13.2 Å². The van der Waals surface area contributed by atoms with E-state index in [2.05, 4.69) is 0 Å². The number of thioether (sulfide) groups is 1. The number of carbonyl (C=O) groups is 1. The summed E-state index contributed by atoms with van der Waals surface area (Å²) in [5, 5.41) is 17.5. The minimum Gasteiger partial charge on any atom is -0.481 e. The highest BCUT2D eigenvalue weighted by molar-refractivity contribution is 8.00. The molecule has 1 aromatic carbocycles. The first-order chi connectivity index (χ1) is 8.23. The van der Waals surface area contributed by atoms with E-state index in [4.69, 9.17) is 10.4 Å². The van der Waals surface area contributed by atoms with Crippen LogP contribution in [0.5, 0.6) is 0 Å². The van der Waals surface area contributed by atoms with E-state index in [9.17, 15) is 18.0 Å². The van der Waals surface area contributed by atoms with Crippen LogP contribution in [0.25, 0.3) is 0 Å². The molecule has 18 heavy (non-hydrogen) atoms. The quantitative estimate of drug-likeness (QED) is 0.861. The number of aliphatic carboxylic acids is 1. The Bertz CT molecular complexity index is 520. The largest absolute Gasteiger partial charge is 0.481 e. The zero-order valence-corrected chi connectivity index (χ0v) is 10.0. The second-order valence-electron chi connectivity index (χ2n) is 3.53. The van der Waals surface area contributed by atoms with Crippen LogP contribution in [0.15, 0.2) is 17.0 Å². The van der Waals surface area contributed by atoms with Gasteiger partial charge in [-0.1, -0.05) is 6.07 Å². The molecule has 0 amide bonds. The highest BCUT2D eigenvalue weighted by Gasteiger charge is 2.31. The first-order valence-corrected chi connectivity index (χ1v) is 5.55. The van der Waals surface area contributed by atoms with Crippen molar-refractivity contribution in [3.05, 3.63) is 28.8 Å². The number of rotatable bonds is 3. The summed E-state index contributed by atoms with van der Waals surface area (Å²) in [6.07, 6.45) is -0.476. The van der Waals surface area contributed by atoms with E-state index < -0.39 is 29.7 Å². The number of benzene rings is 1. The third kappa shape index (κ3) is 3.96. The second kappa shape index (κ2) is 5.31. The lowest BCUT2D eigenvalue weighted by Gasteiger charge is -2.11. The maximum Gasteiger partial charge on any atom is 0.446 e. The van der Waals surface area contributed by atoms with Crippen molar-refractivity contribution in [2.24, 2.45) is 0 Å². The van der Waals surface area contributed by atoms with Crippen LogP contribution in [0.3, 0.4) is 0 Å². The zero-order valence-electron chi connectivity index (χ0n) is 9.21. The SMILES string of the molecule is Cc1cc(CC(=O)O)c(C#N)c(SC(F)(F)F)c1. The highest BCUT2D eigenvalue weighted by atomic mass is 32.2. The van der Waals surface area contributed by atoms with E-state index in [0.29, 0.717) is 5.56 Å². The lowest BCUT2D eigenvalue weighted by molar-refractivity contribution is -0.136. The van der Waals surface area contributed by atoms with Gasteiger partial charge in [-0.25, -0.2) is 0 Å². The number of alkyl halides is 3. The van der Waals surface area contributed by atoms with Crippen molar-refractivity contribution in [3.63, 3.8) is 0 Å². The number of carboxylic acids is 1. The minimum atomic E-state index is -4.51. The average Bonchev–Trinajstić information content (AvgIpc) is 2.13. The zero-order chi connectivity index (χ0) is 13.9. The molecular weight excluding hydrogens is 267 g/mol. The molecule has 0 fully saturated rings. The van der Waals surface area contributed by atoms with Gasteiger partial charge in [-0.3, -0.25) is 4.79 Å². The molecule has 0 spiro atoms. The molecule has 1 N–H and O–H groups in total. The van der Waals surface area contributed by atoms with Gasteiger partial charge in [0.15, 0.2) is 0 Å². The first kappa shape index (κ1) is 14.4. The van der Waals surface area contributed by atoms with Crippen molar-refractivity contribution in [1.29, 1.82) is 5.26 Å². The van der Waals surface area contributed by atoms with E-state index in [1.807, 2.05) is 0 Å². The smallest absolute Gasteiger partial charge is 0.446 e. The number of hydrogen-bond acceptors (Lipinski definition) is 3. The third-order valence-electron chi connectivity index (χ3n) is 2.01.